The van der Waals surface area contributed by atoms with Gasteiger partial charge in [0, 0.05) is 35.5 Å². The standard InChI is InChI=1S/C14H14N2O2S/c1-9(17)19-18-10-6-7-12(14(16)8-10)11-4-2-3-5-13(11)15/h2-8H,15-16H2,1H3. The number of hydrogen-bond acceptors (Lipinski definition) is 5. The number of rotatable bonds is 3. The SMILES string of the molecule is CC(=O)SOc1ccc(-c2ccccc2N)c(N)c1. The Morgan fingerprint density at radius 1 is 1.05 bits per heavy atom. The van der Waals surface area contributed by atoms with Crippen LogP contribution in [0.5, 0.6) is 5.75 Å². The topological polar surface area (TPSA) is 78.3 Å². The highest BCUT2D eigenvalue weighted by Gasteiger charge is 2.08. The van der Waals surface area contributed by atoms with E-state index in [2.05, 4.69) is 0 Å². The molecule has 4 N–H and O–H groups in total. The highest BCUT2D eigenvalue weighted by atomic mass is 32.2. The molecule has 0 aliphatic heterocycles. The fraction of sp³-hybridized carbons (Fsp3) is 0.0714. The lowest BCUT2D eigenvalue weighted by molar-refractivity contribution is -0.109. The summed E-state index contributed by atoms with van der Waals surface area (Å²) in [6.45, 7) is 1.44. The first-order valence-electron chi connectivity index (χ1n) is 5.67. The number of hydrogen-bond donors (Lipinski definition) is 2. The fourth-order valence-electron chi connectivity index (χ4n) is 1.69. The summed E-state index contributed by atoms with van der Waals surface area (Å²) >= 11 is 0.779. The third kappa shape index (κ3) is 3.20. The molecule has 0 radical (unpaired) electrons. The third-order valence-electron chi connectivity index (χ3n) is 2.53. The summed E-state index contributed by atoms with van der Waals surface area (Å²) in [4.78, 5) is 10.8. The summed E-state index contributed by atoms with van der Waals surface area (Å²) in [7, 11) is 0. The Balaban J connectivity index is 2.30. The van der Waals surface area contributed by atoms with Crippen LogP contribution < -0.4 is 15.7 Å². The van der Waals surface area contributed by atoms with Gasteiger partial charge in [0.2, 0.25) is 5.12 Å². The van der Waals surface area contributed by atoms with Gasteiger partial charge in [0.15, 0.2) is 0 Å². The van der Waals surface area contributed by atoms with Crippen LogP contribution in [0.1, 0.15) is 6.92 Å². The lowest BCUT2D eigenvalue weighted by Gasteiger charge is -2.10. The van der Waals surface area contributed by atoms with Gasteiger partial charge in [0.05, 0.1) is 0 Å². The van der Waals surface area contributed by atoms with Crippen molar-refractivity contribution in [2.75, 3.05) is 11.5 Å². The van der Waals surface area contributed by atoms with E-state index in [1.807, 2.05) is 30.3 Å². The zero-order valence-corrected chi connectivity index (χ0v) is 11.2. The largest absolute Gasteiger partial charge is 0.418 e. The zero-order valence-electron chi connectivity index (χ0n) is 10.4. The molecule has 5 heteroatoms. The molecule has 0 saturated heterocycles. The molecule has 0 atom stereocenters. The van der Waals surface area contributed by atoms with Crippen LogP contribution in [0.15, 0.2) is 42.5 Å². The van der Waals surface area contributed by atoms with Gasteiger partial charge in [-0.05, 0) is 18.2 Å². The van der Waals surface area contributed by atoms with E-state index < -0.39 is 0 Å². The maximum absolute atomic E-state index is 10.8. The molecular weight excluding hydrogens is 260 g/mol. The molecule has 2 rings (SSSR count). The fourth-order valence-corrected chi connectivity index (χ4v) is 2.00. The number of nitrogen functional groups attached to an aromatic ring is 2. The normalized spacial score (nSPS) is 10.2. The van der Waals surface area contributed by atoms with Crippen molar-refractivity contribution in [3.63, 3.8) is 0 Å². The van der Waals surface area contributed by atoms with Gasteiger partial charge in [-0.15, -0.1) is 0 Å². The molecule has 4 nitrogen and oxygen atoms in total. The number of nitrogens with two attached hydrogens (primary N) is 2. The first-order chi connectivity index (χ1) is 9.08. The van der Waals surface area contributed by atoms with Crippen LogP contribution in [0, 0.1) is 0 Å². The van der Waals surface area contributed by atoms with E-state index in [-0.39, 0.29) is 5.12 Å². The van der Waals surface area contributed by atoms with Crippen molar-refractivity contribution in [3.05, 3.63) is 42.5 Å². The number of carbonyl (C=O) groups is 1. The monoisotopic (exact) mass is 274 g/mol. The minimum atomic E-state index is -0.116. The van der Waals surface area contributed by atoms with Crippen molar-refractivity contribution in [2.45, 2.75) is 6.92 Å². The Bertz CT molecular complexity index is 614. The summed E-state index contributed by atoms with van der Waals surface area (Å²) in [5.74, 6) is 0.538. The second kappa shape index (κ2) is 5.67. The van der Waals surface area contributed by atoms with Gasteiger partial charge in [0.25, 0.3) is 0 Å². The van der Waals surface area contributed by atoms with Crippen LogP contribution in [0.3, 0.4) is 0 Å². The molecule has 0 heterocycles. The Labute approximate surface area is 116 Å². The zero-order chi connectivity index (χ0) is 13.8. The van der Waals surface area contributed by atoms with Crippen molar-refractivity contribution in [1.29, 1.82) is 0 Å². The van der Waals surface area contributed by atoms with Gasteiger partial charge >= 0.3 is 0 Å². The van der Waals surface area contributed by atoms with Gasteiger partial charge in [-0.1, -0.05) is 18.2 Å². The molecule has 0 saturated carbocycles. The predicted octanol–water partition coefficient (Wildman–Crippen LogP) is 3.09. The lowest BCUT2D eigenvalue weighted by Crippen LogP contribution is -1.95. The maximum atomic E-state index is 10.8. The number of carbonyl (C=O) groups excluding carboxylic acids is 1. The number of benzene rings is 2. The van der Waals surface area contributed by atoms with Crippen molar-refractivity contribution >= 4 is 28.5 Å². The van der Waals surface area contributed by atoms with E-state index in [0.717, 1.165) is 23.2 Å². The minimum absolute atomic E-state index is 0.116. The molecule has 0 unspecified atom stereocenters. The minimum Gasteiger partial charge on any atom is -0.418 e. The van der Waals surface area contributed by atoms with Crippen LogP contribution in [0.4, 0.5) is 11.4 Å². The quantitative estimate of drug-likeness (QED) is 0.664. The van der Waals surface area contributed by atoms with Crippen LogP contribution >= 0.6 is 12.0 Å². The average Bonchev–Trinajstić information content (AvgIpc) is 2.38. The van der Waals surface area contributed by atoms with Crippen molar-refractivity contribution in [3.8, 4) is 16.9 Å². The van der Waals surface area contributed by atoms with Gasteiger partial charge < -0.3 is 15.7 Å². The summed E-state index contributed by atoms with van der Waals surface area (Å²) < 4.78 is 5.23. The van der Waals surface area contributed by atoms with Gasteiger partial charge in [-0.25, -0.2) is 0 Å². The summed E-state index contributed by atoms with van der Waals surface area (Å²) in [6.07, 6.45) is 0. The lowest BCUT2D eigenvalue weighted by atomic mass is 10.0. The second-order valence-corrected chi connectivity index (χ2v) is 4.90. The van der Waals surface area contributed by atoms with E-state index in [9.17, 15) is 4.79 Å². The molecule has 0 aromatic heterocycles. The Morgan fingerprint density at radius 3 is 2.37 bits per heavy atom. The first-order valence-corrected chi connectivity index (χ1v) is 6.41. The molecular formula is C14H14N2O2S. The summed E-state index contributed by atoms with van der Waals surface area (Å²) in [6, 6.07) is 12.8. The first kappa shape index (κ1) is 13.3. The van der Waals surface area contributed by atoms with Crippen LogP contribution in [-0.2, 0) is 4.79 Å². The van der Waals surface area contributed by atoms with Crippen molar-refractivity contribution in [2.24, 2.45) is 0 Å². The molecule has 2 aromatic rings. The van der Waals surface area contributed by atoms with E-state index in [0.29, 0.717) is 17.1 Å². The van der Waals surface area contributed by atoms with Gasteiger partial charge in [-0.2, -0.15) is 0 Å². The molecule has 0 aliphatic carbocycles. The predicted molar refractivity (Wildman–Crippen MR) is 79.6 cm³/mol. The van der Waals surface area contributed by atoms with E-state index in [4.69, 9.17) is 15.7 Å². The third-order valence-corrected chi connectivity index (χ3v) is 3.04. The number of para-hydroxylation sites is 1. The van der Waals surface area contributed by atoms with Gasteiger partial charge in [-0.3, -0.25) is 4.79 Å². The molecule has 0 fully saturated rings. The molecule has 0 aliphatic rings. The van der Waals surface area contributed by atoms with Crippen molar-refractivity contribution in [1.82, 2.24) is 0 Å². The molecule has 19 heavy (non-hydrogen) atoms. The Kier molecular flexibility index (Phi) is 3.97. The summed E-state index contributed by atoms with van der Waals surface area (Å²) in [5.41, 5.74) is 14.9. The summed E-state index contributed by atoms with van der Waals surface area (Å²) in [5, 5.41) is -0.116. The molecule has 98 valence electrons. The van der Waals surface area contributed by atoms with Gasteiger partial charge in [0.1, 0.15) is 17.8 Å². The number of anilines is 2. The second-order valence-electron chi connectivity index (χ2n) is 3.99. The molecule has 0 bridgehead atoms. The highest BCUT2D eigenvalue weighted by Crippen LogP contribution is 2.33. The Morgan fingerprint density at radius 2 is 1.74 bits per heavy atom. The van der Waals surface area contributed by atoms with E-state index in [1.54, 1.807) is 12.1 Å². The highest BCUT2D eigenvalue weighted by molar-refractivity contribution is 8.09. The molecule has 2 aromatic carbocycles. The van der Waals surface area contributed by atoms with E-state index >= 15 is 0 Å². The van der Waals surface area contributed by atoms with Crippen LogP contribution in [-0.4, -0.2) is 5.12 Å². The maximum Gasteiger partial charge on any atom is 0.224 e. The smallest absolute Gasteiger partial charge is 0.224 e. The molecule has 0 spiro atoms. The van der Waals surface area contributed by atoms with Crippen LogP contribution in [0.2, 0.25) is 0 Å². The average molecular weight is 274 g/mol. The Hall–Kier alpha value is -2.14. The van der Waals surface area contributed by atoms with E-state index in [1.165, 1.54) is 6.92 Å². The molecule has 0 amide bonds. The van der Waals surface area contributed by atoms with Crippen molar-refractivity contribution < 1.29 is 8.98 Å². The van der Waals surface area contributed by atoms with Crippen LogP contribution in [0.25, 0.3) is 11.1 Å².